The van der Waals surface area contributed by atoms with Crippen LogP contribution in [-0.2, 0) is 16.0 Å². The SMILES string of the molecule is CC(C)NC(=O)CNC(=O)Cc1ccc(N)cn1. The first-order valence-corrected chi connectivity index (χ1v) is 5.74. The van der Waals surface area contributed by atoms with Gasteiger partial charge in [-0.05, 0) is 26.0 Å². The van der Waals surface area contributed by atoms with Crippen LogP contribution in [0.4, 0.5) is 5.69 Å². The molecule has 0 unspecified atom stereocenters. The second-order valence-electron chi connectivity index (χ2n) is 4.26. The summed E-state index contributed by atoms with van der Waals surface area (Å²) in [7, 11) is 0. The Labute approximate surface area is 106 Å². The minimum atomic E-state index is -0.244. The minimum Gasteiger partial charge on any atom is -0.397 e. The average Bonchev–Trinajstić information content (AvgIpc) is 2.29. The van der Waals surface area contributed by atoms with Crippen molar-refractivity contribution in [2.75, 3.05) is 12.3 Å². The molecule has 1 rings (SSSR count). The van der Waals surface area contributed by atoms with E-state index in [1.165, 1.54) is 6.20 Å². The lowest BCUT2D eigenvalue weighted by atomic mass is 10.2. The molecule has 98 valence electrons. The van der Waals surface area contributed by atoms with Crippen LogP contribution in [0.5, 0.6) is 0 Å². The van der Waals surface area contributed by atoms with E-state index in [1.54, 1.807) is 12.1 Å². The number of aromatic nitrogens is 1. The minimum absolute atomic E-state index is 0.0218. The maximum absolute atomic E-state index is 11.5. The number of carbonyl (C=O) groups excluding carboxylic acids is 2. The number of rotatable bonds is 5. The van der Waals surface area contributed by atoms with Gasteiger partial charge in [0.15, 0.2) is 0 Å². The molecule has 0 bridgehead atoms. The van der Waals surface area contributed by atoms with Crippen molar-refractivity contribution < 1.29 is 9.59 Å². The lowest BCUT2D eigenvalue weighted by Gasteiger charge is -2.09. The van der Waals surface area contributed by atoms with Gasteiger partial charge in [0.25, 0.3) is 0 Å². The summed E-state index contributed by atoms with van der Waals surface area (Å²) in [5, 5.41) is 5.21. The first-order chi connectivity index (χ1) is 8.47. The summed E-state index contributed by atoms with van der Waals surface area (Å²) in [6.45, 7) is 3.70. The third-order valence-electron chi connectivity index (χ3n) is 2.09. The van der Waals surface area contributed by atoms with Crippen LogP contribution in [0.15, 0.2) is 18.3 Å². The molecule has 0 spiro atoms. The van der Waals surface area contributed by atoms with Gasteiger partial charge in [-0.1, -0.05) is 0 Å². The first-order valence-electron chi connectivity index (χ1n) is 5.74. The molecule has 18 heavy (non-hydrogen) atoms. The number of nitrogen functional groups attached to an aromatic ring is 1. The molecule has 0 aliphatic heterocycles. The Morgan fingerprint density at radius 3 is 2.61 bits per heavy atom. The van der Waals surface area contributed by atoms with Crippen LogP contribution in [0, 0.1) is 0 Å². The number of nitrogens with one attached hydrogen (secondary N) is 2. The predicted octanol–water partition coefficient (Wildman–Crippen LogP) is -0.153. The lowest BCUT2D eigenvalue weighted by molar-refractivity contribution is -0.126. The summed E-state index contributed by atoms with van der Waals surface area (Å²) in [4.78, 5) is 26.8. The summed E-state index contributed by atoms with van der Waals surface area (Å²) < 4.78 is 0. The fraction of sp³-hybridized carbons (Fsp3) is 0.417. The van der Waals surface area contributed by atoms with Gasteiger partial charge >= 0.3 is 0 Å². The van der Waals surface area contributed by atoms with Gasteiger partial charge in [-0.15, -0.1) is 0 Å². The fourth-order valence-electron chi connectivity index (χ4n) is 1.32. The number of hydrogen-bond donors (Lipinski definition) is 3. The third kappa shape index (κ3) is 5.29. The molecule has 1 aromatic rings. The second kappa shape index (κ2) is 6.58. The Bertz CT molecular complexity index is 415. The van der Waals surface area contributed by atoms with Gasteiger partial charge in [0.2, 0.25) is 11.8 Å². The molecule has 0 aliphatic rings. The zero-order chi connectivity index (χ0) is 13.5. The predicted molar refractivity (Wildman–Crippen MR) is 68.6 cm³/mol. The molecule has 0 fully saturated rings. The lowest BCUT2D eigenvalue weighted by Crippen LogP contribution is -2.40. The van der Waals surface area contributed by atoms with Gasteiger partial charge in [0, 0.05) is 11.7 Å². The summed E-state index contributed by atoms with van der Waals surface area (Å²) >= 11 is 0. The fourth-order valence-corrected chi connectivity index (χ4v) is 1.32. The summed E-state index contributed by atoms with van der Waals surface area (Å²) in [6, 6.07) is 3.43. The van der Waals surface area contributed by atoms with Crippen molar-refractivity contribution in [2.24, 2.45) is 0 Å². The highest BCUT2D eigenvalue weighted by molar-refractivity contribution is 5.85. The van der Waals surface area contributed by atoms with Crippen LogP contribution in [0.25, 0.3) is 0 Å². The third-order valence-corrected chi connectivity index (χ3v) is 2.09. The van der Waals surface area contributed by atoms with E-state index in [4.69, 9.17) is 5.73 Å². The van der Waals surface area contributed by atoms with E-state index in [2.05, 4.69) is 15.6 Å². The Morgan fingerprint density at radius 1 is 1.33 bits per heavy atom. The van der Waals surface area contributed by atoms with Crippen molar-refractivity contribution in [1.82, 2.24) is 15.6 Å². The van der Waals surface area contributed by atoms with E-state index in [9.17, 15) is 9.59 Å². The van der Waals surface area contributed by atoms with Crippen LogP contribution in [0.1, 0.15) is 19.5 Å². The van der Waals surface area contributed by atoms with Crippen molar-refractivity contribution in [3.63, 3.8) is 0 Å². The van der Waals surface area contributed by atoms with Crippen LogP contribution >= 0.6 is 0 Å². The van der Waals surface area contributed by atoms with E-state index < -0.39 is 0 Å². The average molecular weight is 250 g/mol. The molecule has 4 N–H and O–H groups in total. The normalized spacial score (nSPS) is 10.2. The van der Waals surface area contributed by atoms with Crippen LogP contribution in [-0.4, -0.2) is 29.4 Å². The highest BCUT2D eigenvalue weighted by Crippen LogP contribution is 2.01. The largest absolute Gasteiger partial charge is 0.397 e. The number of hydrogen-bond acceptors (Lipinski definition) is 4. The number of amides is 2. The van der Waals surface area contributed by atoms with E-state index in [-0.39, 0.29) is 30.8 Å². The van der Waals surface area contributed by atoms with E-state index in [0.29, 0.717) is 11.4 Å². The van der Waals surface area contributed by atoms with E-state index >= 15 is 0 Å². The number of pyridine rings is 1. The molecule has 0 aliphatic carbocycles. The summed E-state index contributed by atoms with van der Waals surface area (Å²) in [6.07, 6.45) is 1.63. The molecule has 1 aromatic heterocycles. The Balaban J connectivity index is 2.34. The molecule has 0 saturated carbocycles. The molecule has 0 atom stereocenters. The molecule has 0 radical (unpaired) electrons. The van der Waals surface area contributed by atoms with Crippen LogP contribution < -0.4 is 16.4 Å². The Morgan fingerprint density at radius 2 is 2.06 bits per heavy atom. The van der Waals surface area contributed by atoms with E-state index in [1.807, 2.05) is 13.8 Å². The smallest absolute Gasteiger partial charge is 0.239 e. The van der Waals surface area contributed by atoms with Gasteiger partial charge in [-0.25, -0.2) is 0 Å². The van der Waals surface area contributed by atoms with Gasteiger partial charge in [0.05, 0.1) is 24.8 Å². The van der Waals surface area contributed by atoms with Crippen molar-refractivity contribution >= 4 is 17.5 Å². The zero-order valence-corrected chi connectivity index (χ0v) is 10.6. The van der Waals surface area contributed by atoms with Crippen molar-refractivity contribution in [3.05, 3.63) is 24.0 Å². The summed E-state index contributed by atoms with van der Waals surface area (Å²) in [5.41, 5.74) is 6.65. The van der Waals surface area contributed by atoms with Crippen LogP contribution in [0.3, 0.4) is 0 Å². The monoisotopic (exact) mass is 250 g/mol. The molecular formula is C12H18N4O2. The van der Waals surface area contributed by atoms with Crippen LogP contribution in [0.2, 0.25) is 0 Å². The molecule has 0 aromatic carbocycles. The zero-order valence-electron chi connectivity index (χ0n) is 10.6. The second-order valence-corrected chi connectivity index (χ2v) is 4.26. The standard InChI is InChI=1S/C12H18N4O2/c1-8(2)16-12(18)7-15-11(17)5-10-4-3-9(13)6-14-10/h3-4,6,8H,5,7,13H2,1-2H3,(H,15,17)(H,16,18). The van der Waals surface area contributed by atoms with Gasteiger partial charge < -0.3 is 16.4 Å². The molecule has 6 heteroatoms. The highest BCUT2D eigenvalue weighted by atomic mass is 16.2. The Kier molecular flexibility index (Phi) is 5.10. The Hall–Kier alpha value is -2.11. The topological polar surface area (TPSA) is 97.1 Å². The van der Waals surface area contributed by atoms with Gasteiger partial charge in [-0.3, -0.25) is 14.6 Å². The van der Waals surface area contributed by atoms with Gasteiger partial charge in [0.1, 0.15) is 0 Å². The quantitative estimate of drug-likeness (QED) is 0.677. The number of nitrogens with two attached hydrogens (primary N) is 1. The molecule has 2 amide bonds. The highest BCUT2D eigenvalue weighted by Gasteiger charge is 2.07. The molecule has 6 nitrogen and oxygen atoms in total. The molecular weight excluding hydrogens is 232 g/mol. The maximum atomic E-state index is 11.5. The van der Waals surface area contributed by atoms with E-state index in [0.717, 1.165) is 0 Å². The maximum Gasteiger partial charge on any atom is 0.239 e. The summed E-state index contributed by atoms with van der Waals surface area (Å²) in [5.74, 6) is -0.449. The number of nitrogens with zero attached hydrogens (tertiary/aromatic N) is 1. The molecule has 0 saturated heterocycles. The van der Waals surface area contributed by atoms with Crippen molar-refractivity contribution in [2.45, 2.75) is 26.3 Å². The van der Waals surface area contributed by atoms with Crippen molar-refractivity contribution in [3.8, 4) is 0 Å². The number of anilines is 1. The molecule has 1 heterocycles. The van der Waals surface area contributed by atoms with Gasteiger partial charge in [-0.2, -0.15) is 0 Å². The number of carbonyl (C=O) groups is 2. The van der Waals surface area contributed by atoms with Crippen molar-refractivity contribution in [1.29, 1.82) is 0 Å². The first kappa shape index (κ1) is 14.0.